The summed E-state index contributed by atoms with van der Waals surface area (Å²) in [5.74, 6) is 0.868. The minimum Gasteiger partial charge on any atom is -0.385 e. The summed E-state index contributed by atoms with van der Waals surface area (Å²) in [7, 11) is 0. The lowest BCUT2D eigenvalue weighted by Crippen LogP contribution is -2.57. The van der Waals surface area contributed by atoms with Crippen LogP contribution in [-0.2, 0) is 0 Å². The first-order valence-corrected chi connectivity index (χ1v) is 8.45. The molecular weight excluding hydrogens is 256 g/mol. The SMILES string of the molecule is CC1(C)CC(CCCCNc2ccccc2)CC(C)(C)N1. The second-order valence-corrected chi connectivity index (χ2v) is 7.96. The number of rotatable bonds is 6. The number of hydrogen-bond acceptors (Lipinski definition) is 2. The highest BCUT2D eigenvalue weighted by molar-refractivity contribution is 5.42. The van der Waals surface area contributed by atoms with Crippen molar-refractivity contribution in [2.75, 3.05) is 11.9 Å². The average molecular weight is 288 g/mol. The molecule has 1 aliphatic heterocycles. The molecule has 0 radical (unpaired) electrons. The van der Waals surface area contributed by atoms with Crippen molar-refractivity contribution >= 4 is 5.69 Å². The lowest BCUT2D eigenvalue weighted by Gasteiger charge is -2.46. The normalized spacial score (nSPS) is 21.1. The molecule has 21 heavy (non-hydrogen) atoms. The van der Waals surface area contributed by atoms with Gasteiger partial charge < -0.3 is 10.6 Å². The smallest absolute Gasteiger partial charge is 0.0340 e. The predicted octanol–water partition coefficient (Wildman–Crippen LogP) is 4.83. The molecule has 0 bridgehead atoms. The maximum absolute atomic E-state index is 3.77. The van der Waals surface area contributed by atoms with Gasteiger partial charge in [0.05, 0.1) is 0 Å². The van der Waals surface area contributed by atoms with E-state index in [0.29, 0.717) is 0 Å². The van der Waals surface area contributed by atoms with Gasteiger partial charge in [-0.05, 0) is 65.0 Å². The summed E-state index contributed by atoms with van der Waals surface area (Å²) in [4.78, 5) is 0. The molecule has 0 atom stereocenters. The van der Waals surface area contributed by atoms with Crippen molar-refractivity contribution in [2.45, 2.75) is 70.9 Å². The zero-order chi connectivity index (χ0) is 15.3. The van der Waals surface area contributed by atoms with Crippen LogP contribution in [0.2, 0.25) is 0 Å². The summed E-state index contributed by atoms with van der Waals surface area (Å²) < 4.78 is 0. The Labute approximate surface area is 130 Å². The Kier molecular flexibility index (Phi) is 5.32. The topological polar surface area (TPSA) is 24.1 Å². The molecule has 1 aromatic carbocycles. The minimum atomic E-state index is 0.286. The first kappa shape index (κ1) is 16.4. The van der Waals surface area contributed by atoms with Gasteiger partial charge in [-0.2, -0.15) is 0 Å². The number of hydrogen-bond donors (Lipinski definition) is 2. The fraction of sp³-hybridized carbons (Fsp3) is 0.684. The van der Waals surface area contributed by atoms with Crippen molar-refractivity contribution in [1.29, 1.82) is 0 Å². The number of para-hydroxylation sites is 1. The summed E-state index contributed by atoms with van der Waals surface area (Å²) >= 11 is 0. The van der Waals surface area contributed by atoms with Crippen LogP contribution in [-0.4, -0.2) is 17.6 Å². The Bertz CT molecular complexity index is 406. The van der Waals surface area contributed by atoms with Crippen molar-refractivity contribution in [3.8, 4) is 0 Å². The maximum Gasteiger partial charge on any atom is 0.0340 e. The quantitative estimate of drug-likeness (QED) is 0.733. The highest BCUT2D eigenvalue weighted by atomic mass is 15.0. The zero-order valence-electron chi connectivity index (χ0n) is 14.2. The van der Waals surface area contributed by atoms with Crippen molar-refractivity contribution in [2.24, 2.45) is 5.92 Å². The molecule has 0 aliphatic carbocycles. The third-order valence-corrected chi connectivity index (χ3v) is 4.42. The van der Waals surface area contributed by atoms with E-state index < -0.39 is 0 Å². The summed E-state index contributed by atoms with van der Waals surface area (Å²) in [5, 5.41) is 7.28. The van der Waals surface area contributed by atoms with E-state index in [1.165, 1.54) is 37.8 Å². The molecule has 1 aromatic rings. The Morgan fingerprint density at radius 3 is 2.24 bits per heavy atom. The van der Waals surface area contributed by atoms with E-state index >= 15 is 0 Å². The molecule has 2 nitrogen and oxygen atoms in total. The van der Waals surface area contributed by atoms with E-state index in [9.17, 15) is 0 Å². The lowest BCUT2D eigenvalue weighted by molar-refractivity contribution is 0.122. The molecule has 1 fully saturated rings. The zero-order valence-corrected chi connectivity index (χ0v) is 14.2. The highest BCUT2D eigenvalue weighted by Crippen LogP contribution is 2.35. The Balaban J connectivity index is 1.66. The fourth-order valence-corrected chi connectivity index (χ4v) is 4.08. The van der Waals surface area contributed by atoms with Gasteiger partial charge in [0.1, 0.15) is 0 Å². The molecule has 2 N–H and O–H groups in total. The Morgan fingerprint density at radius 1 is 1.00 bits per heavy atom. The third kappa shape index (κ3) is 5.70. The van der Waals surface area contributed by atoms with Crippen LogP contribution in [0.1, 0.15) is 59.8 Å². The first-order chi connectivity index (χ1) is 9.86. The van der Waals surface area contributed by atoms with E-state index in [-0.39, 0.29) is 11.1 Å². The van der Waals surface area contributed by atoms with Gasteiger partial charge in [0.15, 0.2) is 0 Å². The summed E-state index contributed by atoms with van der Waals surface area (Å²) in [5.41, 5.74) is 1.81. The largest absolute Gasteiger partial charge is 0.385 e. The van der Waals surface area contributed by atoms with Crippen LogP contribution < -0.4 is 10.6 Å². The predicted molar refractivity (Wildman–Crippen MR) is 92.8 cm³/mol. The van der Waals surface area contributed by atoms with E-state index in [1.807, 2.05) is 0 Å². The Hall–Kier alpha value is -1.02. The van der Waals surface area contributed by atoms with Gasteiger partial charge >= 0.3 is 0 Å². The van der Waals surface area contributed by atoms with E-state index in [2.05, 4.69) is 68.7 Å². The van der Waals surface area contributed by atoms with Gasteiger partial charge in [0.2, 0.25) is 0 Å². The van der Waals surface area contributed by atoms with Crippen LogP contribution in [0.15, 0.2) is 30.3 Å². The first-order valence-electron chi connectivity index (χ1n) is 8.45. The van der Waals surface area contributed by atoms with Crippen LogP contribution in [0, 0.1) is 5.92 Å². The second-order valence-electron chi connectivity index (χ2n) is 7.96. The summed E-state index contributed by atoms with van der Waals surface area (Å²) in [6.45, 7) is 10.5. The molecule has 118 valence electrons. The monoisotopic (exact) mass is 288 g/mol. The van der Waals surface area contributed by atoms with Crippen molar-refractivity contribution < 1.29 is 0 Å². The van der Waals surface area contributed by atoms with Gasteiger partial charge in [0, 0.05) is 23.3 Å². The average Bonchev–Trinajstić information content (AvgIpc) is 2.36. The molecule has 1 saturated heterocycles. The number of unbranched alkanes of at least 4 members (excludes halogenated alkanes) is 1. The molecule has 0 saturated carbocycles. The van der Waals surface area contributed by atoms with Gasteiger partial charge in [-0.3, -0.25) is 0 Å². The van der Waals surface area contributed by atoms with Crippen LogP contribution in [0.25, 0.3) is 0 Å². The molecule has 0 aromatic heterocycles. The molecule has 0 amide bonds. The third-order valence-electron chi connectivity index (χ3n) is 4.42. The summed E-state index contributed by atoms with van der Waals surface area (Å²) in [6, 6.07) is 10.5. The molecule has 2 heteroatoms. The molecular formula is C19H32N2. The number of nitrogens with one attached hydrogen (secondary N) is 2. The maximum atomic E-state index is 3.77. The van der Waals surface area contributed by atoms with Gasteiger partial charge in [0.25, 0.3) is 0 Å². The van der Waals surface area contributed by atoms with Crippen LogP contribution in [0.5, 0.6) is 0 Å². The van der Waals surface area contributed by atoms with Crippen LogP contribution >= 0.6 is 0 Å². The molecule has 1 aliphatic rings. The fourth-order valence-electron chi connectivity index (χ4n) is 4.08. The standard InChI is InChI=1S/C19H32N2/c1-18(2)14-16(15-19(3,4)21-18)10-8-9-13-20-17-11-6-5-7-12-17/h5-7,11-12,16,20-21H,8-10,13-15H2,1-4H3. The molecule has 1 heterocycles. The van der Waals surface area contributed by atoms with Crippen LogP contribution in [0.3, 0.4) is 0 Å². The number of benzene rings is 1. The van der Waals surface area contributed by atoms with Gasteiger partial charge in [-0.15, -0.1) is 0 Å². The van der Waals surface area contributed by atoms with E-state index in [0.717, 1.165) is 12.5 Å². The van der Waals surface area contributed by atoms with Gasteiger partial charge in [-0.25, -0.2) is 0 Å². The van der Waals surface area contributed by atoms with Crippen molar-refractivity contribution in [3.63, 3.8) is 0 Å². The van der Waals surface area contributed by atoms with Crippen LogP contribution in [0.4, 0.5) is 5.69 Å². The Morgan fingerprint density at radius 2 is 1.62 bits per heavy atom. The summed E-state index contributed by atoms with van der Waals surface area (Å²) in [6.07, 6.45) is 6.58. The lowest BCUT2D eigenvalue weighted by atomic mass is 9.74. The minimum absolute atomic E-state index is 0.286. The highest BCUT2D eigenvalue weighted by Gasteiger charge is 2.36. The van der Waals surface area contributed by atoms with Crippen molar-refractivity contribution in [3.05, 3.63) is 30.3 Å². The number of anilines is 1. The second kappa shape index (κ2) is 6.83. The van der Waals surface area contributed by atoms with E-state index in [4.69, 9.17) is 0 Å². The van der Waals surface area contributed by atoms with Gasteiger partial charge in [-0.1, -0.05) is 31.0 Å². The molecule has 0 unspecified atom stereocenters. The van der Waals surface area contributed by atoms with Crippen molar-refractivity contribution in [1.82, 2.24) is 5.32 Å². The molecule has 0 spiro atoms. The van der Waals surface area contributed by atoms with E-state index in [1.54, 1.807) is 0 Å². The number of piperidine rings is 1. The molecule has 2 rings (SSSR count).